The lowest BCUT2D eigenvalue weighted by Gasteiger charge is -2.20. The van der Waals surface area contributed by atoms with Crippen molar-refractivity contribution in [3.63, 3.8) is 0 Å². The Bertz CT molecular complexity index is 661. The zero-order chi connectivity index (χ0) is 15.0. The van der Waals surface area contributed by atoms with Crippen LogP contribution in [-0.2, 0) is 12.6 Å². The van der Waals surface area contributed by atoms with Crippen molar-refractivity contribution in [2.45, 2.75) is 32.0 Å². The first-order valence-corrected chi connectivity index (χ1v) is 6.97. The summed E-state index contributed by atoms with van der Waals surface area (Å²) in [6.45, 7) is 1.80. The summed E-state index contributed by atoms with van der Waals surface area (Å²) < 4.78 is 39.3. The zero-order valence-corrected chi connectivity index (χ0v) is 11.7. The van der Waals surface area contributed by atoms with Crippen LogP contribution in [0.3, 0.4) is 0 Å². The number of rotatable bonds is 2. The molecule has 2 aromatic carbocycles. The SMILES string of the molecule is Cc1ccc(C(F)(F)F)c(NC2CCc3ccccc32)c1. The van der Waals surface area contributed by atoms with Crippen molar-refractivity contribution in [2.24, 2.45) is 0 Å². The quantitative estimate of drug-likeness (QED) is 0.810. The average molecular weight is 291 g/mol. The predicted molar refractivity (Wildman–Crippen MR) is 77.3 cm³/mol. The van der Waals surface area contributed by atoms with Crippen molar-refractivity contribution >= 4 is 5.69 Å². The van der Waals surface area contributed by atoms with Gasteiger partial charge in [0.2, 0.25) is 0 Å². The molecule has 0 heterocycles. The molecule has 1 N–H and O–H groups in total. The van der Waals surface area contributed by atoms with E-state index >= 15 is 0 Å². The fraction of sp³-hybridized carbons (Fsp3) is 0.294. The standard InChI is InChI=1S/C17H16F3N/c1-11-6-8-14(17(18,19)20)16(10-11)21-15-9-7-12-4-2-3-5-13(12)15/h2-6,8,10,15,21H,7,9H2,1H3. The van der Waals surface area contributed by atoms with E-state index < -0.39 is 11.7 Å². The highest BCUT2D eigenvalue weighted by molar-refractivity contribution is 5.57. The van der Waals surface area contributed by atoms with Crippen LogP contribution in [0.15, 0.2) is 42.5 Å². The van der Waals surface area contributed by atoms with Gasteiger partial charge in [0.15, 0.2) is 0 Å². The lowest BCUT2D eigenvalue weighted by atomic mass is 10.1. The summed E-state index contributed by atoms with van der Waals surface area (Å²) in [5.41, 5.74) is 2.71. The molecule has 1 aliphatic carbocycles. The normalized spacial score (nSPS) is 17.6. The molecule has 0 amide bonds. The van der Waals surface area contributed by atoms with Crippen molar-refractivity contribution in [1.29, 1.82) is 0 Å². The number of halogens is 3. The van der Waals surface area contributed by atoms with Gasteiger partial charge >= 0.3 is 6.18 Å². The number of nitrogens with one attached hydrogen (secondary N) is 1. The van der Waals surface area contributed by atoms with Crippen LogP contribution in [0, 0.1) is 6.92 Å². The van der Waals surface area contributed by atoms with Gasteiger partial charge in [-0.05, 0) is 48.6 Å². The van der Waals surface area contributed by atoms with Crippen LogP contribution in [0.25, 0.3) is 0 Å². The number of aryl methyl sites for hydroxylation is 2. The van der Waals surface area contributed by atoms with Crippen LogP contribution in [-0.4, -0.2) is 0 Å². The van der Waals surface area contributed by atoms with Crippen LogP contribution in [0.2, 0.25) is 0 Å². The van der Waals surface area contributed by atoms with Crippen molar-refractivity contribution in [1.82, 2.24) is 0 Å². The third kappa shape index (κ3) is 2.75. The largest absolute Gasteiger partial charge is 0.418 e. The van der Waals surface area contributed by atoms with Gasteiger partial charge < -0.3 is 5.32 Å². The van der Waals surface area contributed by atoms with E-state index in [1.807, 2.05) is 24.3 Å². The Morgan fingerprint density at radius 2 is 1.86 bits per heavy atom. The highest BCUT2D eigenvalue weighted by Crippen LogP contribution is 2.39. The van der Waals surface area contributed by atoms with Gasteiger partial charge in [-0.2, -0.15) is 13.2 Å². The number of alkyl halides is 3. The summed E-state index contributed by atoms with van der Waals surface area (Å²) in [4.78, 5) is 0. The minimum Gasteiger partial charge on any atom is -0.378 e. The van der Waals surface area contributed by atoms with Crippen molar-refractivity contribution in [2.75, 3.05) is 5.32 Å². The fourth-order valence-electron chi connectivity index (χ4n) is 2.92. The third-order valence-corrected chi connectivity index (χ3v) is 3.94. The van der Waals surface area contributed by atoms with Crippen LogP contribution in [0.1, 0.15) is 34.7 Å². The predicted octanol–water partition coefficient (Wildman–Crippen LogP) is 5.11. The maximum atomic E-state index is 13.1. The van der Waals surface area contributed by atoms with E-state index in [0.717, 1.165) is 30.0 Å². The lowest BCUT2D eigenvalue weighted by molar-refractivity contribution is -0.137. The Balaban J connectivity index is 1.94. The maximum Gasteiger partial charge on any atom is 0.418 e. The van der Waals surface area contributed by atoms with E-state index in [4.69, 9.17) is 0 Å². The molecule has 1 nitrogen and oxygen atoms in total. The monoisotopic (exact) mass is 291 g/mol. The molecule has 0 aromatic heterocycles. The van der Waals surface area contributed by atoms with Gasteiger partial charge in [0, 0.05) is 5.69 Å². The minimum atomic E-state index is -4.34. The molecule has 0 saturated carbocycles. The molecule has 1 unspecified atom stereocenters. The van der Waals surface area contributed by atoms with Gasteiger partial charge in [0.05, 0.1) is 11.6 Å². The van der Waals surface area contributed by atoms with E-state index in [2.05, 4.69) is 5.32 Å². The molecule has 0 radical (unpaired) electrons. The molecular formula is C17H16F3N. The highest BCUT2D eigenvalue weighted by Gasteiger charge is 2.34. The summed E-state index contributed by atoms with van der Waals surface area (Å²) >= 11 is 0. The van der Waals surface area contributed by atoms with Crippen LogP contribution in [0.5, 0.6) is 0 Å². The van der Waals surface area contributed by atoms with Crippen LogP contribution >= 0.6 is 0 Å². The van der Waals surface area contributed by atoms with Gasteiger partial charge in [-0.3, -0.25) is 0 Å². The summed E-state index contributed by atoms with van der Waals surface area (Å²) in [5.74, 6) is 0. The average Bonchev–Trinajstić information content (AvgIpc) is 2.81. The molecule has 3 rings (SSSR count). The van der Waals surface area contributed by atoms with Gasteiger partial charge in [-0.25, -0.2) is 0 Å². The van der Waals surface area contributed by atoms with E-state index in [9.17, 15) is 13.2 Å². The molecular weight excluding hydrogens is 275 g/mol. The molecule has 21 heavy (non-hydrogen) atoms. The number of hydrogen-bond donors (Lipinski definition) is 1. The summed E-state index contributed by atoms with van der Waals surface area (Å²) in [7, 11) is 0. The Labute approximate surface area is 121 Å². The second kappa shape index (κ2) is 5.10. The van der Waals surface area contributed by atoms with Crippen LogP contribution < -0.4 is 5.32 Å². The zero-order valence-electron chi connectivity index (χ0n) is 11.7. The Hall–Kier alpha value is -1.97. The van der Waals surface area contributed by atoms with Crippen molar-refractivity contribution in [3.05, 3.63) is 64.7 Å². The number of benzene rings is 2. The number of fused-ring (bicyclic) bond motifs is 1. The van der Waals surface area contributed by atoms with Gasteiger partial charge in [-0.15, -0.1) is 0 Å². The van der Waals surface area contributed by atoms with E-state index in [1.54, 1.807) is 13.0 Å². The first-order chi connectivity index (χ1) is 9.95. The number of hydrogen-bond acceptors (Lipinski definition) is 1. The maximum absolute atomic E-state index is 13.1. The fourth-order valence-corrected chi connectivity index (χ4v) is 2.92. The van der Waals surface area contributed by atoms with Crippen molar-refractivity contribution < 1.29 is 13.2 Å². The van der Waals surface area contributed by atoms with Crippen molar-refractivity contribution in [3.8, 4) is 0 Å². The van der Waals surface area contributed by atoms with Gasteiger partial charge in [0.25, 0.3) is 0 Å². The Morgan fingerprint density at radius 1 is 1.10 bits per heavy atom. The van der Waals surface area contributed by atoms with E-state index in [0.29, 0.717) is 0 Å². The van der Waals surface area contributed by atoms with Gasteiger partial charge in [-0.1, -0.05) is 30.3 Å². The minimum absolute atomic E-state index is 0.0518. The first kappa shape index (κ1) is 14.0. The smallest absolute Gasteiger partial charge is 0.378 e. The van der Waals surface area contributed by atoms with E-state index in [-0.39, 0.29) is 11.7 Å². The highest BCUT2D eigenvalue weighted by atomic mass is 19.4. The Kier molecular flexibility index (Phi) is 3.40. The third-order valence-electron chi connectivity index (χ3n) is 3.94. The van der Waals surface area contributed by atoms with Crippen LogP contribution in [0.4, 0.5) is 18.9 Å². The molecule has 0 aliphatic heterocycles. The summed E-state index contributed by atoms with van der Waals surface area (Å²) in [5, 5.41) is 3.09. The first-order valence-electron chi connectivity index (χ1n) is 6.97. The topological polar surface area (TPSA) is 12.0 Å². The Morgan fingerprint density at radius 3 is 2.62 bits per heavy atom. The molecule has 1 aliphatic rings. The second-order valence-corrected chi connectivity index (χ2v) is 5.48. The molecule has 110 valence electrons. The lowest BCUT2D eigenvalue weighted by Crippen LogP contribution is -2.14. The molecule has 4 heteroatoms. The number of anilines is 1. The molecule has 0 fully saturated rings. The second-order valence-electron chi connectivity index (χ2n) is 5.48. The van der Waals surface area contributed by atoms with E-state index in [1.165, 1.54) is 11.6 Å². The molecule has 0 spiro atoms. The summed E-state index contributed by atoms with van der Waals surface area (Å²) in [6.07, 6.45) is -2.61. The molecule has 2 aromatic rings. The molecule has 1 atom stereocenters. The van der Waals surface area contributed by atoms with Gasteiger partial charge in [0.1, 0.15) is 0 Å². The summed E-state index contributed by atoms with van der Waals surface area (Å²) in [6, 6.07) is 12.1. The molecule has 0 bridgehead atoms. The molecule has 0 saturated heterocycles.